The number of nitrogens with zero attached hydrogens (tertiary/aromatic N) is 2. The van der Waals surface area contributed by atoms with Crippen LogP contribution in [0.25, 0.3) is 11.0 Å². The molecule has 0 saturated heterocycles. The van der Waals surface area contributed by atoms with Gasteiger partial charge in [-0.2, -0.15) is 0 Å². The molecular formula is C12H14N2O4. The van der Waals surface area contributed by atoms with E-state index in [1.807, 2.05) is 6.07 Å². The van der Waals surface area contributed by atoms with Crippen molar-refractivity contribution in [1.82, 2.24) is 9.55 Å². The Hall–Kier alpha value is -2.08. The summed E-state index contributed by atoms with van der Waals surface area (Å²) in [5.41, 5.74) is 1.46. The number of carboxylic acid groups (broad SMARTS) is 1. The zero-order valence-electron chi connectivity index (χ0n) is 9.96. The molecule has 0 saturated carbocycles. The predicted octanol–water partition coefficient (Wildman–Crippen LogP) is 0.664. The summed E-state index contributed by atoms with van der Waals surface area (Å²) in [4.78, 5) is 15.1. The van der Waals surface area contributed by atoms with Crippen molar-refractivity contribution in [2.24, 2.45) is 0 Å². The molecule has 6 nitrogen and oxygen atoms in total. The first-order valence-corrected chi connectivity index (χ1v) is 5.51. The number of hydrogen-bond donors (Lipinski definition) is 2. The van der Waals surface area contributed by atoms with Gasteiger partial charge in [0.15, 0.2) is 0 Å². The molecule has 0 unspecified atom stereocenters. The van der Waals surface area contributed by atoms with Gasteiger partial charge in [0, 0.05) is 12.6 Å². The zero-order chi connectivity index (χ0) is 13.1. The topological polar surface area (TPSA) is 84.6 Å². The predicted molar refractivity (Wildman–Crippen MR) is 64.7 cm³/mol. The first-order valence-electron chi connectivity index (χ1n) is 5.51. The number of fused-ring (bicyclic) bond motifs is 1. The molecule has 96 valence electrons. The van der Waals surface area contributed by atoms with Gasteiger partial charge in [-0.3, -0.25) is 4.79 Å². The molecule has 1 aromatic heterocycles. The van der Waals surface area contributed by atoms with Crippen LogP contribution >= 0.6 is 0 Å². The van der Waals surface area contributed by atoms with Gasteiger partial charge in [0.25, 0.3) is 0 Å². The highest BCUT2D eigenvalue weighted by molar-refractivity contribution is 5.79. The Morgan fingerprint density at radius 3 is 2.89 bits per heavy atom. The van der Waals surface area contributed by atoms with Crippen LogP contribution in [0.1, 0.15) is 5.82 Å². The fourth-order valence-corrected chi connectivity index (χ4v) is 1.91. The van der Waals surface area contributed by atoms with Crippen molar-refractivity contribution < 1.29 is 19.7 Å². The van der Waals surface area contributed by atoms with E-state index in [1.54, 1.807) is 23.8 Å². The minimum atomic E-state index is -0.948. The third-order valence-corrected chi connectivity index (χ3v) is 2.67. The highest BCUT2D eigenvalue weighted by Crippen LogP contribution is 2.22. The van der Waals surface area contributed by atoms with E-state index < -0.39 is 5.97 Å². The van der Waals surface area contributed by atoms with E-state index in [-0.39, 0.29) is 13.0 Å². The molecule has 0 spiro atoms. The number of rotatable bonds is 5. The lowest BCUT2D eigenvalue weighted by Crippen LogP contribution is -2.11. The summed E-state index contributed by atoms with van der Waals surface area (Å²) in [6.07, 6.45) is -0.170. The van der Waals surface area contributed by atoms with E-state index in [0.717, 1.165) is 5.52 Å². The summed E-state index contributed by atoms with van der Waals surface area (Å²) in [7, 11) is 1.56. The molecule has 18 heavy (non-hydrogen) atoms. The van der Waals surface area contributed by atoms with Gasteiger partial charge in [-0.15, -0.1) is 0 Å². The van der Waals surface area contributed by atoms with Crippen molar-refractivity contribution in [3.05, 3.63) is 24.0 Å². The third-order valence-electron chi connectivity index (χ3n) is 2.67. The lowest BCUT2D eigenvalue weighted by molar-refractivity contribution is -0.136. The van der Waals surface area contributed by atoms with Gasteiger partial charge < -0.3 is 19.5 Å². The maximum Gasteiger partial charge on any atom is 0.311 e. The largest absolute Gasteiger partial charge is 0.497 e. The first kappa shape index (κ1) is 12.4. The number of carbonyl (C=O) groups is 1. The highest BCUT2D eigenvalue weighted by atomic mass is 16.5. The van der Waals surface area contributed by atoms with Crippen LogP contribution in [0.4, 0.5) is 0 Å². The van der Waals surface area contributed by atoms with Crippen LogP contribution in [-0.2, 0) is 17.8 Å². The Morgan fingerprint density at radius 1 is 1.50 bits per heavy atom. The minimum Gasteiger partial charge on any atom is -0.497 e. The van der Waals surface area contributed by atoms with E-state index in [9.17, 15) is 4.79 Å². The number of aliphatic carboxylic acids is 1. The number of benzene rings is 1. The molecule has 2 aromatic rings. The third kappa shape index (κ3) is 2.28. The monoisotopic (exact) mass is 250 g/mol. The van der Waals surface area contributed by atoms with Gasteiger partial charge in [-0.1, -0.05) is 0 Å². The normalized spacial score (nSPS) is 10.8. The summed E-state index contributed by atoms with van der Waals surface area (Å²) < 4.78 is 6.81. The van der Waals surface area contributed by atoms with Crippen molar-refractivity contribution in [2.45, 2.75) is 13.0 Å². The Morgan fingerprint density at radius 2 is 2.28 bits per heavy atom. The van der Waals surface area contributed by atoms with Crippen LogP contribution in [0.3, 0.4) is 0 Å². The average molecular weight is 250 g/mol. The van der Waals surface area contributed by atoms with Crippen molar-refractivity contribution in [3.8, 4) is 5.75 Å². The summed E-state index contributed by atoms with van der Waals surface area (Å²) >= 11 is 0. The number of aliphatic hydroxyl groups excluding tert-OH is 1. The average Bonchev–Trinajstić information content (AvgIpc) is 2.66. The van der Waals surface area contributed by atoms with E-state index in [1.165, 1.54) is 0 Å². The number of aliphatic hydroxyl groups is 1. The van der Waals surface area contributed by atoms with Crippen molar-refractivity contribution in [3.63, 3.8) is 0 Å². The summed E-state index contributed by atoms with van der Waals surface area (Å²) in [6, 6.07) is 5.33. The Bertz CT molecular complexity index is 577. The SMILES string of the molecule is COc1ccc2c(c1)nc(CC(=O)O)n2CCO. The second-order valence-electron chi connectivity index (χ2n) is 3.83. The first-order chi connectivity index (χ1) is 8.65. The lowest BCUT2D eigenvalue weighted by atomic mass is 10.3. The fourth-order valence-electron chi connectivity index (χ4n) is 1.91. The van der Waals surface area contributed by atoms with E-state index in [0.29, 0.717) is 23.6 Å². The van der Waals surface area contributed by atoms with E-state index in [4.69, 9.17) is 14.9 Å². The molecule has 0 amide bonds. The Labute approximate surface area is 103 Å². The van der Waals surface area contributed by atoms with E-state index in [2.05, 4.69) is 4.98 Å². The van der Waals surface area contributed by atoms with E-state index >= 15 is 0 Å². The second-order valence-corrected chi connectivity index (χ2v) is 3.83. The highest BCUT2D eigenvalue weighted by Gasteiger charge is 2.13. The van der Waals surface area contributed by atoms with Crippen molar-refractivity contribution in [1.29, 1.82) is 0 Å². The standard InChI is InChI=1S/C12H14N2O4/c1-18-8-2-3-10-9(6-8)13-11(7-12(16)17)14(10)4-5-15/h2-3,6,15H,4-5,7H2,1H3,(H,16,17). The molecule has 6 heteroatoms. The summed E-state index contributed by atoms with van der Waals surface area (Å²) in [5.74, 6) is 0.147. The van der Waals surface area contributed by atoms with Crippen LogP contribution in [0.15, 0.2) is 18.2 Å². The van der Waals surface area contributed by atoms with Gasteiger partial charge in [0.1, 0.15) is 18.0 Å². The van der Waals surface area contributed by atoms with Gasteiger partial charge in [-0.25, -0.2) is 4.98 Å². The summed E-state index contributed by atoms with van der Waals surface area (Å²) in [5, 5.41) is 17.9. The Balaban J connectivity index is 2.54. The maximum atomic E-state index is 10.8. The van der Waals surface area contributed by atoms with Crippen LogP contribution in [0.2, 0.25) is 0 Å². The second kappa shape index (κ2) is 5.05. The van der Waals surface area contributed by atoms with Crippen molar-refractivity contribution >= 4 is 17.0 Å². The molecule has 0 aliphatic carbocycles. The van der Waals surface area contributed by atoms with Crippen LogP contribution in [0.5, 0.6) is 5.75 Å². The molecule has 1 heterocycles. The van der Waals surface area contributed by atoms with Gasteiger partial charge in [0.2, 0.25) is 0 Å². The number of aromatic nitrogens is 2. The number of hydrogen-bond acceptors (Lipinski definition) is 4. The fraction of sp³-hybridized carbons (Fsp3) is 0.333. The Kier molecular flexibility index (Phi) is 3.47. The minimum absolute atomic E-state index is 0.0654. The van der Waals surface area contributed by atoms with Crippen LogP contribution in [-0.4, -0.2) is 39.5 Å². The molecule has 0 radical (unpaired) electrons. The molecule has 0 aliphatic heterocycles. The summed E-state index contributed by atoms with van der Waals surface area (Å²) in [6.45, 7) is 0.259. The number of carboxylic acids is 1. The quantitative estimate of drug-likeness (QED) is 0.814. The molecule has 0 aliphatic rings. The van der Waals surface area contributed by atoms with Gasteiger partial charge in [0.05, 0.1) is 24.8 Å². The number of ether oxygens (including phenoxy) is 1. The molecular weight excluding hydrogens is 236 g/mol. The number of methoxy groups -OCH3 is 1. The smallest absolute Gasteiger partial charge is 0.311 e. The molecule has 0 bridgehead atoms. The van der Waals surface area contributed by atoms with Crippen LogP contribution in [0, 0.1) is 0 Å². The van der Waals surface area contributed by atoms with Gasteiger partial charge >= 0.3 is 5.97 Å². The molecule has 0 fully saturated rings. The van der Waals surface area contributed by atoms with Crippen LogP contribution < -0.4 is 4.74 Å². The van der Waals surface area contributed by atoms with Gasteiger partial charge in [-0.05, 0) is 12.1 Å². The van der Waals surface area contributed by atoms with Crippen molar-refractivity contribution in [2.75, 3.05) is 13.7 Å². The molecule has 1 aromatic carbocycles. The molecule has 2 N–H and O–H groups in total. The lowest BCUT2D eigenvalue weighted by Gasteiger charge is -2.05. The molecule has 2 rings (SSSR count). The number of imidazole rings is 1. The zero-order valence-corrected chi connectivity index (χ0v) is 9.96. The maximum absolute atomic E-state index is 10.8. The molecule has 0 atom stereocenters.